The minimum absolute atomic E-state index is 0.228. The first-order chi connectivity index (χ1) is 10.9. The average Bonchev–Trinajstić information content (AvgIpc) is 2.51. The number of carbonyl (C=O) groups is 2. The van der Waals surface area contributed by atoms with Gasteiger partial charge in [-0.25, -0.2) is 13.6 Å². The fourth-order valence-corrected chi connectivity index (χ4v) is 2.22. The van der Waals surface area contributed by atoms with Crippen LogP contribution in [0.3, 0.4) is 0 Å². The van der Waals surface area contributed by atoms with E-state index in [1.807, 2.05) is 0 Å². The summed E-state index contributed by atoms with van der Waals surface area (Å²) in [5.74, 6) is -3.25. The Balaban J connectivity index is 2.28. The third-order valence-electron chi connectivity index (χ3n) is 3.04. The van der Waals surface area contributed by atoms with Crippen LogP contribution in [0.15, 0.2) is 46.9 Å². The summed E-state index contributed by atoms with van der Waals surface area (Å²) in [5.41, 5.74) is 0.249. The van der Waals surface area contributed by atoms with Gasteiger partial charge >= 0.3 is 5.97 Å². The first-order valence-corrected chi connectivity index (χ1v) is 7.30. The molecule has 23 heavy (non-hydrogen) atoms. The highest BCUT2D eigenvalue weighted by atomic mass is 79.9. The summed E-state index contributed by atoms with van der Waals surface area (Å²) in [6.07, 6.45) is 0. The van der Waals surface area contributed by atoms with E-state index in [1.54, 1.807) is 24.3 Å². The first-order valence-electron chi connectivity index (χ1n) is 6.51. The number of methoxy groups -OCH3 is 1. The molecule has 0 saturated heterocycles. The van der Waals surface area contributed by atoms with Crippen LogP contribution in [0.5, 0.6) is 0 Å². The van der Waals surface area contributed by atoms with Crippen molar-refractivity contribution in [3.63, 3.8) is 0 Å². The van der Waals surface area contributed by atoms with Crippen molar-refractivity contribution in [2.24, 2.45) is 0 Å². The number of nitrogens with one attached hydrogen (secondary N) is 1. The van der Waals surface area contributed by atoms with Gasteiger partial charge in [0.25, 0.3) is 5.91 Å². The van der Waals surface area contributed by atoms with E-state index in [4.69, 9.17) is 0 Å². The minimum atomic E-state index is -1.09. The van der Waals surface area contributed by atoms with Crippen LogP contribution >= 0.6 is 15.9 Å². The van der Waals surface area contributed by atoms with Crippen LogP contribution in [0.4, 0.5) is 8.78 Å². The number of hydrogen-bond acceptors (Lipinski definition) is 3. The molecule has 1 unspecified atom stereocenters. The SMILES string of the molecule is COC(=O)C(NC(=O)c1cc(F)cc(F)c1)c1ccc(Br)cc1. The van der Waals surface area contributed by atoms with Crippen molar-refractivity contribution in [1.29, 1.82) is 0 Å². The van der Waals surface area contributed by atoms with Crippen molar-refractivity contribution in [1.82, 2.24) is 5.32 Å². The molecule has 120 valence electrons. The Bertz CT molecular complexity index is 714. The van der Waals surface area contributed by atoms with Crippen molar-refractivity contribution < 1.29 is 23.1 Å². The molecular formula is C16H12BrF2NO3. The zero-order chi connectivity index (χ0) is 17.0. The molecular weight excluding hydrogens is 372 g/mol. The van der Waals surface area contributed by atoms with Crippen LogP contribution in [-0.4, -0.2) is 19.0 Å². The van der Waals surface area contributed by atoms with Crippen molar-refractivity contribution in [2.45, 2.75) is 6.04 Å². The van der Waals surface area contributed by atoms with Crippen molar-refractivity contribution in [3.8, 4) is 0 Å². The highest BCUT2D eigenvalue weighted by molar-refractivity contribution is 9.10. The molecule has 0 fully saturated rings. The summed E-state index contributed by atoms with van der Waals surface area (Å²) in [6, 6.07) is 7.97. The molecule has 1 amide bonds. The lowest BCUT2D eigenvalue weighted by Gasteiger charge is -2.17. The Morgan fingerprint density at radius 2 is 1.65 bits per heavy atom. The van der Waals surface area contributed by atoms with Crippen LogP contribution in [0.1, 0.15) is 22.0 Å². The normalized spacial score (nSPS) is 11.7. The van der Waals surface area contributed by atoms with E-state index in [0.717, 1.165) is 16.6 Å². The molecule has 0 bridgehead atoms. The van der Waals surface area contributed by atoms with Crippen LogP contribution < -0.4 is 5.32 Å². The van der Waals surface area contributed by atoms with E-state index >= 15 is 0 Å². The summed E-state index contributed by atoms with van der Waals surface area (Å²) in [6.45, 7) is 0. The van der Waals surface area contributed by atoms with E-state index in [0.29, 0.717) is 11.6 Å². The third kappa shape index (κ3) is 4.35. The summed E-state index contributed by atoms with van der Waals surface area (Å²) in [5, 5.41) is 2.41. The number of hydrogen-bond donors (Lipinski definition) is 1. The van der Waals surface area contributed by atoms with Gasteiger partial charge in [0, 0.05) is 16.1 Å². The molecule has 0 heterocycles. The average molecular weight is 384 g/mol. The van der Waals surface area contributed by atoms with Gasteiger partial charge in [-0.05, 0) is 29.8 Å². The lowest BCUT2D eigenvalue weighted by molar-refractivity contribution is -0.143. The van der Waals surface area contributed by atoms with Gasteiger partial charge in [-0.3, -0.25) is 4.79 Å². The van der Waals surface area contributed by atoms with Crippen LogP contribution in [-0.2, 0) is 9.53 Å². The molecule has 0 aliphatic heterocycles. The molecule has 0 radical (unpaired) electrons. The van der Waals surface area contributed by atoms with Gasteiger partial charge < -0.3 is 10.1 Å². The zero-order valence-corrected chi connectivity index (χ0v) is 13.6. The number of carbonyl (C=O) groups excluding carboxylic acids is 2. The van der Waals surface area contributed by atoms with Crippen LogP contribution in [0.2, 0.25) is 0 Å². The summed E-state index contributed by atoms with van der Waals surface area (Å²) < 4.78 is 31.9. The lowest BCUT2D eigenvalue weighted by Crippen LogP contribution is -2.34. The predicted molar refractivity (Wildman–Crippen MR) is 82.7 cm³/mol. The number of esters is 1. The zero-order valence-electron chi connectivity index (χ0n) is 12.0. The maximum atomic E-state index is 13.2. The van der Waals surface area contributed by atoms with Crippen molar-refractivity contribution >= 4 is 27.8 Å². The first kappa shape index (κ1) is 17.1. The number of amides is 1. The van der Waals surface area contributed by atoms with Gasteiger partial charge in [0.2, 0.25) is 0 Å². The van der Waals surface area contributed by atoms with Gasteiger partial charge in [0.1, 0.15) is 11.6 Å². The second-order valence-electron chi connectivity index (χ2n) is 4.64. The van der Waals surface area contributed by atoms with Gasteiger partial charge in [-0.1, -0.05) is 28.1 Å². The van der Waals surface area contributed by atoms with Gasteiger partial charge in [0.05, 0.1) is 7.11 Å². The van der Waals surface area contributed by atoms with E-state index < -0.39 is 29.6 Å². The molecule has 2 aromatic carbocycles. The number of ether oxygens (including phenoxy) is 1. The minimum Gasteiger partial charge on any atom is -0.467 e. The topological polar surface area (TPSA) is 55.4 Å². The molecule has 0 aromatic heterocycles. The Morgan fingerprint density at radius 1 is 1.09 bits per heavy atom. The molecule has 2 rings (SSSR count). The molecule has 4 nitrogen and oxygen atoms in total. The third-order valence-corrected chi connectivity index (χ3v) is 3.57. The van der Waals surface area contributed by atoms with Crippen LogP contribution in [0.25, 0.3) is 0 Å². The molecule has 1 N–H and O–H groups in total. The summed E-state index contributed by atoms with van der Waals surface area (Å²) in [7, 11) is 1.18. The van der Waals surface area contributed by atoms with E-state index in [1.165, 1.54) is 7.11 Å². The van der Waals surface area contributed by atoms with E-state index in [-0.39, 0.29) is 5.56 Å². The quantitative estimate of drug-likeness (QED) is 0.823. The van der Waals surface area contributed by atoms with E-state index in [2.05, 4.69) is 26.0 Å². The molecule has 1 atom stereocenters. The number of rotatable bonds is 4. The highest BCUT2D eigenvalue weighted by Gasteiger charge is 2.24. The lowest BCUT2D eigenvalue weighted by atomic mass is 10.1. The van der Waals surface area contributed by atoms with Gasteiger partial charge in [-0.2, -0.15) is 0 Å². The molecule has 2 aromatic rings. The van der Waals surface area contributed by atoms with Gasteiger partial charge in [0.15, 0.2) is 6.04 Å². The number of halogens is 3. The Labute approximate surface area is 139 Å². The Morgan fingerprint density at radius 3 is 2.17 bits per heavy atom. The van der Waals surface area contributed by atoms with Crippen LogP contribution in [0, 0.1) is 11.6 Å². The summed E-state index contributed by atoms with van der Waals surface area (Å²) >= 11 is 3.27. The fraction of sp³-hybridized carbons (Fsp3) is 0.125. The highest BCUT2D eigenvalue weighted by Crippen LogP contribution is 2.19. The van der Waals surface area contributed by atoms with Crippen molar-refractivity contribution in [2.75, 3.05) is 7.11 Å². The maximum absolute atomic E-state index is 13.2. The fourth-order valence-electron chi connectivity index (χ4n) is 1.95. The summed E-state index contributed by atoms with van der Waals surface area (Å²) in [4.78, 5) is 24.1. The standard InChI is InChI=1S/C16H12BrF2NO3/c1-23-16(22)14(9-2-4-11(17)5-3-9)20-15(21)10-6-12(18)8-13(19)7-10/h2-8,14H,1H3,(H,20,21). The monoisotopic (exact) mass is 383 g/mol. The van der Waals surface area contributed by atoms with Crippen molar-refractivity contribution in [3.05, 3.63) is 69.7 Å². The smallest absolute Gasteiger partial charge is 0.333 e. The predicted octanol–water partition coefficient (Wildman–Crippen LogP) is 3.37. The Kier molecular flexibility index (Phi) is 5.44. The largest absolute Gasteiger partial charge is 0.467 e. The maximum Gasteiger partial charge on any atom is 0.333 e. The second kappa shape index (κ2) is 7.32. The van der Waals surface area contributed by atoms with E-state index in [9.17, 15) is 18.4 Å². The molecule has 0 aliphatic carbocycles. The second-order valence-corrected chi connectivity index (χ2v) is 5.55. The molecule has 0 aliphatic rings. The number of benzene rings is 2. The Hall–Kier alpha value is -2.28. The van der Waals surface area contributed by atoms with Gasteiger partial charge in [-0.15, -0.1) is 0 Å². The molecule has 0 saturated carbocycles. The molecule has 7 heteroatoms. The molecule has 0 spiro atoms.